The number of imide groups is 1. The molecule has 20 heavy (non-hydrogen) atoms. The molecule has 1 fully saturated rings. The van der Waals surface area contributed by atoms with Crippen LogP contribution in [0.1, 0.15) is 18.9 Å². The monoisotopic (exact) mass is 281 g/mol. The molecular formula is C13H16FN3O3. The van der Waals surface area contributed by atoms with E-state index in [0.29, 0.717) is 18.4 Å². The molecule has 0 aromatic heterocycles. The minimum absolute atomic E-state index is 0.333. The van der Waals surface area contributed by atoms with Crippen LogP contribution in [-0.2, 0) is 11.2 Å². The van der Waals surface area contributed by atoms with Gasteiger partial charge in [0.25, 0.3) is 5.91 Å². The molecule has 3 N–H and O–H groups in total. The first-order valence-electron chi connectivity index (χ1n) is 6.19. The standard InChI is InChI=1S/C13H16FN3O3/c1-13(11(19)17(15-2)12(20)16-13)6-5-8-3-4-10(18)9(14)7-8/h3-4,7,15,18H,5-6H2,1-2H3,(H,16,20). The summed E-state index contributed by atoms with van der Waals surface area (Å²) in [5.74, 6) is -1.48. The van der Waals surface area contributed by atoms with Gasteiger partial charge in [0.1, 0.15) is 5.54 Å². The van der Waals surface area contributed by atoms with Crippen LogP contribution in [0.2, 0.25) is 0 Å². The number of aromatic hydroxyl groups is 1. The highest BCUT2D eigenvalue weighted by molar-refractivity contribution is 6.06. The zero-order valence-corrected chi connectivity index (χ0v) is 11.2. The molecule has 1 atom stereocenters. The topological polar surface area (TPSA) is 81.7 Å². The Hall–Kier alpha value is -2.15. The Bertz CT molecular complexity index is 564. The molecule has 0 spiro atoms. The molecule has 0 saturated carbocycles. The Balaban J connectivity index is 2.08. The highest BCUT2D eigenvalue weighted by Crippen LogP contribution is 2.23. The van der Waals surface area contributed by atoms with Crippen molar-refractivity contribution in [3.05, 3.63) is 29.6 Å². The number of carbonyl (C=O) groups excluding carboxylic acids is 2. The molecule has 3 amide bonds. The van der Waals surface area contributed by atoms with Gasteiger partial charge in [0.2, 0.25) is 0 Å². The minimum atomic E-state index is -1.02. The summed E-state index contributed by atoms with van der Waals surface area (Å²) >= 11 is 0. The van der Waals surface area contributed by atoms with E-state index in [1.54, 1.807) is 13.0 Å². The number of hydrogen-bond acceptors (Lipinski definition) is 4. The number of benzene rings is 1. The van der Waals surface area contributed by atoms with Gasteiger partial charge in [-0.2, -0.15) is 5.01 Å². The van der Waals surface area contributed by atoms with Gasteiger partial charge in [-0.05, 0) is 37.5 Å². The molecule has 1 aliphatic heterocycles. The van der Waals surface area contributed by atoms with Crippen LogP contribution in [0.4, 0.5) is 9.18 Å². The normalized spacial score (nSPS) is 22.2. The average Bonchev–Trinajstić information content (AvgIpc) is 2.62. The fraction of sp³-hybridized carbons (Fsp3) is 0.385. The lowest BCUT2D eigenvalue weighted by molar-refractivity contribution is -0.132. The number of rotatable bonds is 4. The molecule has 0 radical (unpaired) electrons. The number of phenols is 1. The van der Waals surface area contributed by atoms with Crippen molar-refractivity contribution < 1.29 is 19.1 Å². The van der Waals surface area contributed by atoms with Crippen LogP contribution in [-0.4, -0.2) is 34.6 Å². The minimum Gasteiger partial charge on any atom is -0.505 e. The van der Waals surface area contributed by atoms with Crippen LogP contribution >= 0.6 is 0 Å². The zero-order valence-electron chi connectivity index (χ0n) is 11.2. The quantitative estimate of drug-likeness (QED) is 0.716. The van der Waals surface area contributed by atoms with E-state index in [0.717, 1.165) is 5.01 Å². The molecule has 1 aromatic carbocycles. The SMILES string of the molecule is CNN1C(=O)NC(C)(CCc2ccc(O)c(F)c2)C1=O. The molecule has 0 aliphatic carbocycles. The van der Waals surface area contributed by atoms with Gasteiger partial charge < -0.3 is 10.4 Å². The molecule has 7 heteroatoms. The molecule has 1 unspecified atom stereocenters. The summed E-state index contributed by atoms with van der Waals surface area (Å²) in [6, 6.07) is 3.56. The molecule has 6 nitrogen and oxygen atoms in total. The van der Waals surface area contributed by atoms with Gasteiger partial charge in [0.15, 0.2) is 11.6 Å². The lowest BCUT2D eigenvalue weighted by Crippen LogP contribution is -2.46. The fourth-order valence-corrected chi connectivity index (χ4v) is 2.16. The zero-order chi connectivity index (χ0) is 14.9. The van der Waals surface area contributed by atoms with Gasteiger partial charge >= 0.3 is 6.03 Å². The van der Waals surface area contributed by atoms with Gasteiger partial charge in [-0.15, -0.1) is 0 Å². The lowest BCUT2D eigenvalue weighted by Gasteiger charge is -2.21. The Morgan fingerprint density at radius 2 is 2.15 bits per heavy atom. The van der Waals surface area contributed by atoms with E-state index < -0.39 is 23.1 Å². The van der Waals surface area contributed by atoms with Gasteiger partial charge in [-0.1, -0.05) is 6.07 Å². The summed E-state index contributed by atoms with van der Waals surface area (Å²) in [4.78, 5) is 23.7. The molecule has 1 heterocycles. The number of phenolic OH excluding ortho intramolecular Hbond substituents is 1. The molecular weight excluding hydrogens is 265 g/mol. The second kappa shape index (κ2) is 5.09. The van der Waals surface area contributed by atoms with Crippen molar-refractivity contribution in [2.45, 2.75) is 25.3 Å². The summed E-state index contributed by atoms with van der Waals surface area (Å²) < 4.78 is 13.2. The largest absolute Gasteiger partial charge is 0.505 e. The maximum Gasteiger partial charge on any atom is 0.339 e. The fourth-order valence-electron chi connectivity index (χ4n) is 2.16. The van der Waals surface area contributed by atoms with Gasteiger partial charge in [-0.3, -0.25) is 4.79 Å². The Kier molecular flexibility index (Phi) is 3.63. The molecule has 1 aromatic rings. The van der Waals surface area contributed by atoms with Crippen LogP contribution in [0.25, 0.3) is 0 Å². The van der Waals surface area contributed by atoms with E-state index >= 15 is 0 Å². The van der Waals surface area contributed by atoms with Crippen LogP contribution in [0.15, 0.2) is 18.2 Å². The highest BCUT2D eigenvalue weighted by atomic mass is 19.1. The van der Waals surface area contributed by atoms with Crippen molar-refractivity contribution >= 4 is 11.9 Å². The van der Waals surface area contributed by atoms with Gasteiger partial charge in [0.05, 0.1) is 0 Å². The van der Waals surface area contributed by atoms with Crippen LogP contribution in [0.3, 0.4) is 0 Å². The number of hydrogen-bond donors (Lipinski definition) is 3. The third-order valence-electron chi connectivity index (χ3n) is 3.41. The number of carbonyl (C=O) groups is 2. The van der Waals surface area contributed by atoms with E-state index in [1.165, 1.54) is 19.2 Å². The maximum atomic E-state index is 13.2. The lowest BCUT2D eigenvalue weighted by atomic mass is 9.93. The number of nitrogens with zero attached hydrogens (tertiary/aromatic N) is 1. The Labute approximate surface area is 115 Å². The third kappa shape index (κ3) is 2.44. The first-order chi connectivity index (χ1) is 9.37. The van der Waals surface area contributed by atoms with Gasteiger partial charge in [-0.25, -0.2) is 14.6 Å². The summed E-state index contributed by atoms with van der Waals surface area (Å²) in [5, 5.41) is 12.6. The van der Waals surface area contributed by atoms with E-state index in [1.807, 2.05) is 0 Å². The van der Waals surface area contributed by atoms with Crippen molar-refractivity contribution in [3.63, 3.8) is 0 Å². The van der Waals surface area contributed by atoms with E-state index in [4.69, 9.17) is 5.11 Å². The third-order valence-corrected chi connectivity index (χ3v) is 3.41. The second-order valence-corrected chi connectivity index (χ2v) is 4.91. The number of hydrazine groups is 1. The molecule has 108 valence electrons. The number of aryl methyl sites for hydroxylation is 1. The van der Waals surface area contributed by atoms with Gasteiger partial charge in [0, 0.05) is 7.05 Å². The van der Waals surface area contributed by atoms with Crippen molar-refractivity contribution in [1.82, 2.24) is 15.8 Å². The first kappa shape index (κ1) is 14.3. The number of halogens is 1. The van der Waals surface area contributed by atoms with Crippen molar-refractivity contribution in [2.24, 2.45) is 0 Å². The van der Waals surface area contributed by atoms with Crippen molar-refractivity contribution in [3.8, 4) is 5.75 Å². The van der Waals surface area contributed by atoms with E-state index in [2.05, 4.69) is 10.7 Å². The first-order valence-corrected chi connectivity index (χ1v) is 6.19. The summed E-state index contributed by atoms with van der Waals surface area (Å²) in [6.07, 6.45) is 0.733. The summed E-state index contributed by atoms with van der Waals surface area (Å²) in [6.45, 7) is 1.63. The Morgan fingerprint density at radius 3 is 2.70 bits per heavy atom. The average molecular weight is 281 g/mol. The predicted octanol–water partition coefficient (Wildman–Crippen LogP) is 0.909. The molecule has 1 saturated heterocycles. The number of amides is 3. The smallest absolute Gasteiger partial charge is 0.339 e. The molecule has 0 bridgehead atoms. The predicted molar refractivity (Wildman–Crippen MR) is 69.2 cm³/mol. The van der Waals surface area contributed by atoms with Crippen LogP contribution in [0.5, 0.6) is 5.75 Å². The molecule has 1 aliphatic rings. The van der Waals surface area contributed by atoms with E-state index in [-0.39, 0.29) is 5.91 Å². The van der Waals surface area contributed by atoms with Crippen LogP contribution in [0, 0.1) is 5.82 Å². The number of urea groups is 1. The van der Waals surface area contributed by atoms with Crippen molar-refractivity contribution in [1.29, 1.82) is 0 Å². The van der Waals surface area contributed by atoms with Crippen molar-refractivity contribution in [2.75, 3.05) is 7.05 Å². The second-order valence-electron chi connectivity index (χ2n) is 4.91. The highest BCUT2D eigenvalue weighted by Gasteiger charge is 2.47. The van der Waals surface area contributed by atoms with E-state index in [9.17, 15) is 14.0 Å². The summed E-state index contributed by atoms with van der Waals surface area (Å²) in [7, 11) is 1.48. The van der Waals surface area contributed by atoms with Crippen LogP contribution < -0.4 is 10.7 Å². The summed E-state index contributed by atoms with van der Waals surface area (Å²) in [5.41, 5.74) is 2.14. The molecule has 2 rings (SSSR count). The Morgan fingerprint density at radius 1 is 1.45 bits per heavy atom. The number of nitrogens with one attached hydrogen (secondary N) is 2. The maximum absolute atomic E-state index is 13.2.